The average molecular weight is 289 g/mol. The molecule has 4 heteroatoms. The molecule has 0 bridgehead atoms. The van der Waals surface area contributed by atoms with Crippen LogP contribution in [0.1, 0.15) is 42.6 Å². The monoisotopic (exact) mass is 289 g/mol. The number of aryl methyl sites for hydroxylation is 2. The number of nitrogens with zero attached hydrogens (tertiary/aromatic N) is 1. The van der Waals surface area contributed by atoms with Crippen LogP contribution < -0.4 is 11.1 Å². The van der Waals surface area contributed by atoms with E-state index < -0.39 is 0 Å². The van der Waals surface area contributed by atoms with Gasteiger partial charge in [-0.25, -0.2) is 0 Å². The van der Waals surface area contributed by atoms with E-state index in [4.69, 9.17) is 18.0 Å². The zero-order valence-corrected chi connectivity index (χ0v) is 13.1. The minimum absolute atomic E-state index is 0.437. The second-order valence-corrected chi connectivity index (χ2v) is 6.80. The molecule has 3 N–H and O–H groups in total. The molecule has 0 atom stereocenters. The highest BCUT2D eigenvalue weighted by Gasteiger charge is 2.41. The van der Waals surface area contributed by atoms with Gasteiger partial charge in [0.1, 0.15) is 4.99 Å². The Kier molecular flexibility index (Phi) is 3.67. The van der Waals surface area contributed by atoms with Crippen molar-refractivity contribution in [2.24, 2.45) is 23.5 Å². The first-order valence-electron chi connectivity index (χ1n) is 7.58. The molecule has 0 aromatic carbocycles. The van der Waals surface area contributed by atoms with Crippen molar-refractivity contribution in [3.63, 3.8) is 0 Å². The lowest BCUT2D eigenvalue weighted by Gasteiger charge is -2.20. The maximum atomic E-state index is 5.87. The highest BCUT2D eigenvalue weighted by atomic mass is 32.1. The Hall–Kier alpha value is -1.16. The van der Waals surface area contributed by atoms with Crippen molar-refractivity contribution in [3.8, 4) is 0 Å². The van der Waals surface area contributed by atoms with Gasteiger partial charge < -0.3 is 11.1 Å². The molecular weight excluding hydrogens is 266 g/mol. The molecule has 2 aliphatic carbocycles. The van der Waals surface area contributed by atoms with Gasteiger partial charge in [0.15, 0.2) is 0 Å². The highest BCUT2D eigenvalue weighted by Crippen LogP contribution is 2.49. The molecule has 0 aliphatic heterocycles. The molecule has 2 saturated carbocycles. The molecule has 1 aromatic heterocycles. The average Bonchev–Trinajstić information content (AvgIpc) is 3.23. The van der Waals surface area contributed by atoms with Crippen LogP contribution in [0.15, 0.2) is 6.07 Å². The number of aromatic nitrogens is 1. The van der Waals surface area contributed by atoms with Crippen LogP contribution in [0.3, 0.4) is 0 Å². The lowest BCUT2D eigenvalue weighted by Crippen LogP contribution is -2.22. The van der Waals surface area contributed by atoms with Crippen molar-refractivity contribution >= 4 is 22.9 Å². The standard InChI is InChI=1S/C16H23N3S/c1-9-7-14(15(16(17)20)10(2)19-9)18-8-13(11-3-4-11)12-5-6-12/h7,11-13H,3-6,8H2,1-2H3,(H2,17,20)(H,18,19). The van der Waals surface area contributed by atoms with Crippen LogP contribution in [0.5, 0.6) is 0 Å². The smallest absolute Gasteiger partial charge is 0.107 e. The highest BCUT2D eigenvalue weighted by molar-refractivity contribution is 7.80. The zero-order valence-electron chi connectivity index (χ0n) is 12.3. The summed E-state index contributed by atoms with van der Waals surface area (Å²) in [7, 11) is 0. The molecule has 2 aliphatic rings. The van der Waals surface area contributed by atoms with Crippen molar-refractivity contribution in [2.75, 3.05) is 11.9 Å². The van der Waals surface area contributed by atoms with Crippen molar-refractivity contribution < 1.29 is 0 Å². The molecule has 0 saturated heterocycles. The number of anilines is 1. The number of pyridine rings is 1. The first-order chi connectivity index (χ1) is 9.56. The van der Waals surface area contributed by atoms with Crippen LogP contribution in [0.4, 0.5) is 5.69 Å². The molecule has 108 valence electrons. The summed E-state index contributed by atoms with van der Waals surface area (Å²) in [5, 5.41) is 3.61. The maximum absolute atomic E-state index is 5.87. The van der Waals surface area contributed by atoms with Gasteiger partial charge in [0.25, 0.3) is 0 Å². The summed E-state index contributed by atoms with van der Waals surface area (Å²) in [5.74, 6) is 2.74. The molecule has 1 heterocycles. The molecule has 3 nitrogen and oxygen atoms in total. The third-order valence-electron chi connectivity index (χ3n) is 4.56. The Morgan fingerprint density at radius 1 is 1.35 bits per heavy atom. The SMILES string of the molecule is Cc1cc(NCC(C2CC2)C2CC2)c(C(N)=S)c(C)n1. The Labute approximate surface area is 126 Å². The summed E-state index contributed by atoms with van der Waals surface area (Å²) in [6.07, 6.45) is 5.66. The van der Waals surface area contributed by atoms with Gasteiger partial charge in [-0.05, 0) is 63.4 Å². The maximum Gasteiger partial charge on any atom is 0.107 e. The van der Waals surface area contributed by atoms with E-state index in [1.165, 1.54) is 25.7 Å². The predicted octanol–water partition coefficient (Wildman–Crippen LogP) is 3.18. The van der Waals surface area contributed by atoms with E-state index in [-0.39, 0.29) is 0 Å². The van der Waals surface area contributed by atoms with E-state index in [2.05, 4.69) is 16.4 Å². The quantitative estimate of drug-likeness (QED) is 0.790. The Morgan fingerprint density at radius 3 is 2.45 bits per heavy atom. The minimum Gasteiger partial charge on any atom is -0.389 e. The van der Waals surface area contributed by atoms with Crippen LogP contribution in [0.25, 0.3) is 0 Å². The van der Waals surface area contributed by atoms with Gasteiger partial charge in [-0.3, -0.25) is 4.98 Å². The van der Waals surface area contributed by atoms with Gasteiger partial charge in [0, 0.05) is 23.6 Å². The molecule has 1 aromatic rings. The molecule has 0 amide bonds. The van der Waals surface area contributed by atoms with Gasteiger partial charge in [0.2, 0.25) is 0 Å². The van der Waals surface area contributed by atoms with E-state index in [1.807, 2.05) is 13.8 Å². The second-order valence-electron chi connectivity index (χ2n) is 6.36. The van der Waals surface area contributed by atoms with Crippen molar-refractivity contribution in [2.45, 2.75) is 39.5 Å². The zero-order chi connectivity index (χ0) is 14.3. The van der Waals surface area contributed by atoms with Crippen LogP contribution in [0, 0.1) is 31.6 Å². The number of rotatable bonds is 6. The third kappa shape index (κ3) is 2.95. The number of hydrogen-bond acceptors (Lipinski definition) is 3. The molecular formula is C16H23N3S. The van der Waals surface area contributed by atoms with Crippen LogP contribution in [-0.2, 0) is 0 Å². The van der Waals surface area contributed by atoms with E-state index in [0.717, 1.165) is 46.9 Å². The van der Waals surface area contributed by atoms with E-state index in [9.17, 15) is 0 Å². The van der Waals surface area contributed by atoms with E-state index in [1.54, 1.807) is 0 Å². The molecule has 2 fully saturated rings. The lowest BCUT2D eigenvalue weighted by molar-refractivity contribution is 0.428. The van der Waals surface area contributed by atoms with Crippen LogP contribution >= 0.6 is 12.2 Å². The van der Waals surface area contributed by atoms with Gasteiger partial charge >= 0.3 is 0 Å². The number of hydrogen-bond donors (Lipinski definition) is 2. The van der Waals surface area contributed by atoms with Crippen LogP contribution in [0.2, 0.25) is 0 Å². The van der Waals surface area contributed by atoms with Crippen LogP contribution in [-0.4, -0.2) is 16.5 Å². The fourth-order valence-corrected chi connectivity index (χ4v) is 3.53. The first kappa shape index (κ1) is 13.8. The normalized spacial score (nSPS) is 18.4. The van der Waals surface area contributed by atoms with E-state index >= 15 is 0 Å². The molecule has 0 unspecified atom stereocenters. The topological polar surface area (TPSA) is 50.9 Å². The molecule has 0 radical (unpaired) electrons. The summed E-state index contributed by atoms with van der Waals surface area (Å²) in [4.78, 5) is 4.91. The summed E-state index contributed by atoms with van der Waals surface area (Å²) in [6, 6.07) is 2.07. The minimum atomic E-state index is 0.437. The summed E-state index contributed by atoms with van der Waals surface area (Å²) in [6.45, 7) is 5.04. The fourth-order valence-electron chi connectivity index (χ4n) is 3.27. The van der Waals surface area contributed by atoms with Crippen molar-refractivity contribution in [1.29, 1.82) is 0 Å². The van der Waals surface area contributed by atoms with Gasteiger partial charge in [-0.1, -0.05) is 12.2 Å². The summed E-state index contributed by atoms with van der Waals surface area (Å²) in [5.41, 5.74) is 9.78. The number of nitrogens with two attached hydrogens (primary N) is 1. The van der Waals surface area contributed by atoms with E-state index in [0.29, 0.717) is 4.99 Å². The Balaban J connectivity index is 1.77. The summed E-state index contributed by atoms with van der Waals surface area (Å²) >= 11 is 5.19. The van der Waals surface area contributed by atoms with Gasteiger partial charge in [-0.2, -0.15) is 0 Å². The van der Waals surface area contributed by atoms with Gasteiger partial charge in [0.05, 0.1) is 5.56 Å². The Bertz CT molecular complexity index is 521. The molecule has 3 rings (SSSR count). The number of thiocarbonyl (C=S) groups is 1. The number of nitrogens with one attached hydrogen (secondary N) is 1. The first-order valence-corrected chi connectivity index (χ1v) is 7.99. The molecule has 0 spiro atoms. The fraction of sp³-hybridized carbons (Fsp3) is 0.625. The largest absolute Gasteiger partial charge is 0.389 e. The van der Waals surface area contributed by atoms with Gasteiger partial charge in [-0.15, -0.1) is 0 Å². The van der Waals surface area contributed by atoms with Crippen molar-refractivity contribution in [3.05, 3.63) is 23.0 Å². The third-order valence-corrected chi connectivity index (χ3v) is 4.76. The predicted molar refractivity (Wildman–Crippen MR) is 87.0 cm³/mol. The lowest BCUT2D eigenvalue weighted by atomic mass is 9.97. The molecule has 20 heavy (non-hydrogen) atoms. The van der Waals surface area contributed by atoms with Crippen molar-refractivity contribution in [1.82, 2.24) is 4.98 Å². The summed E-state index contributed by atoms with van der Waals surface area (Å²) < 4.78 is 0. The Morgan fingerprint density at radius 2 is 1.95 bits per heavy atom. The second kappa shape index (κ2) is 5.32.